The zero-order valence-corrected chi connectivity index (χ0v) is 8.68. The van der Waals surface area contributed by atoms with E-state index in [-0.39, 0.29) is 6.10 Å². The van der Waals surface area contributed by atoms with Crippen LogP contribution in [-0.4, -0.2) is 38.0 Å². The van der Waals surface area contributed by atoms with Crippen molar-refractivity contribution in [3.63, 3.8) is 0 Å². The van der Waals surface area contributed by atoms with Crippen LogP contribution in [0.5, 0.6) is 0 Å². The molecular weight excluding hydrogens is 166 g/mol. The molecule has 0 spiro atoms. The van der Waals surface area contributed by atoms with Crippen LogP contribution in [-0.2, 0) is 4.74 Å². The van der Waals surface area contributed by atoms with E-state index < -0.39 is 0 Å². The Kier molecular flexibility index (Phi) is 4.16. The minimum absolute atomic E-state index is 0.282. The Balaban J connectivity index is 2.05. The maximum absolute atomic E-state index is 8.84. The number of methoxy groups -OCH3 is 1. The number of rotatable bonds is 7. The van der Waals surface area contributed by atoms with Crippen LogP contribution in [0, 0.1) is 5.41 Å². The van der Waals surface area contributed by atoms with Crippen molar-refractivity contribution in [3.05, 3.63) is 0 Å². The second kappa shape index (κ2) is 4.94. The molecule has 1 aliphatic carbocycles. The number of nitrogens with one attached hydrogen (secondary N) is 1. The Hall–Kier alpha value is -0.120. The fourth-order valence-corrected chi connectivity index (χ4v) is 1.55. The van der Waals surface area contributed by atoms with Gasteiger partial charge in [-0.25, -0.2) is 0 Å². The Labute approximate surface area is 80.5 Å². The highest BCUT2D eigenvalue weighted by Crippen LogP contribution is 2.47. The van der Waals surface area contributed by atoms with E-state index in [0.717, 1.165) is 19.5 Å². The predicted octanol–water partition coefficient (Wildman–Crippen LogP) is 0.773. The Morgan fingerprint density at radius 3 is 2.69 bits per heavy atom. The number of hydrogen-bond acceptors (Lipinski definition) is 3. The first-order chi connectivity index (χ1) is 6.22. The average Bonchev–Trinajstić information content (AvgIpc) is 2.86. The standard InChI is InChI=1S/C10H21NO2/c1-9(13-2)7-11-8-10(3-4-10)5-6-12/h9,11-12H,3-8H2,1-2H3. The summed E-state index contributed by atoms with van der Waals surface area (Å²) in [5, 5.41) is 12.2. The molecule has 3 heteroatoms. The maximum atomic E-state index is 8.84. The van der Waals surface area contributed by atoms with Crippen LogP contribution >= 0.6 is 0 Å². The van der Waals surface area contributed by atoms with Crippen molar-refractivity contribution in [3.8, 4) is 0 Å². The number of hydrogen-bond donors (Lipinski definition) is 2. The molecule has 0 aromatic rings. The Morgan fingerprint density at radius 2 is 2.23 bits per heavy atom. The van der Waals surface area contributed by atoms with Crippen LogP contribution in [0.15, 0.2) is 0 Å². The third kappa shape index (κ3) is 3.63. The second-order valence-corrected chi connectivity index (χ2v) is 4.15. The monoisotopic (exact) mass is 187 g/mol. The number of ether oxygens (including phenoxy) is 1. The summed E-state index contributed by atoms with van der Waals surface area (Å²) in [6.07, 6.45) is 3.76. The molecular formula is C10H21NO2. The molecule has 2 N–H and O–H groups in total. The van der Waals surface area contributed by atoms with Gasteiger partial charge in [0.25, 0.3) is 0 Å². The van der Waals surface area contributed by atoms with Gasteiger partial charge in [-0.1, -0.05) is 0 Å². The normalized spacial score (nSPS) is 21.5. The summed E-state index contributed by atoms with van der Waals surface area (Å²) >= 11 is 0. The second-order valence-electron chi connectivity index (χ2n) is 4.15. The Bertz CT molecular complexity index is 146. The van der Waals surface area contributed by atoms with E-state index in [1.165, 1.54) is 12.8 Å². The van der Waals surface area contributed by atoms with Gasteiger partial charge in [-0.3, -0.25) is 0 Å². The van der Waals surface area contributed by atoms with Gasteiger partial charge in [-0.05, 0) is 31.6 Å². The summed E-state index contributed by atoms with van der Waals surface area (Å²) in [6, 6.07) is 0. The Morgan fingerprint density at radius 1 is 1.54 bits per heavy atom. The quantitative estimate of drug-likeness (QED) is 0.618. The third-order valence-corrected chi connectivity index (χ3v) is 2.93. The van der Waals surface area contributed by atoms with Crippen LogP contribution in [0.3, 0.4) is 0 Å². The lowest BCUT2D eigenvalue weighted by molar-refractivity contribution is 0.115. The summed E-state index contributed by atoms with van der Waals surface area (Å²) in [5.41, 5.74) is 0.419. The highest BCUT2D eigenvalue weighted by atomic mass is 16.5. The van der Waals surface area contributed by atoms with E-state index in [0.29, 0.717) is 12.0 Å². The van der Waals surface area contributed by atoms with Crippen molar-refractivity contribution in [2.75, 3.05) is 26.8 Å². The molecule has 0 radical (unpaired) electrons. The zero-order valence-electron chi connectivity index (χ0n) is 8.68. The summed E-state index contributed by atoms with van der Waals surface area (Å²) < 4.78 is 5.13. The molecule has 0 heterocycles. The molecule has 0 aromatic heterocycles. The fraction of sp³-hybridized carbons (Fsp3) is 1.00. The highest BCUT2D eigenvalue weighted by Gasteiger charge is 2.41. The van der Waals surface area contributed by atoms with Crippen LogP contribution < -0.4 is 5.32 Å². The first-order valence-corrected chi connectivity index (χ1v) is 5.07. The number of aliphatic hydroxyl groups is 1. The van der Waals surface area contributed by atoms with Crippen molar-refractivity contribution in [2.45, 2.75) is 32.3 Å². The first-order valence-electron chi connectivity index (χ1n) is 5.07. The minimum atomic E-state index is 0.282. The summed E-state index contributed by atoms with van der Waals surface area (Å²) in [7, 11) is 1.73. The molecule has 0 aromatic carbocycles. The van der Waals surface area contributed by atoms with Gasteiger partial charge in [0.2, 0.25) is 0 Å². The van der Waals surface area contributed by atoms with Crippen LogP contribution in [0.25, 0.3) is 0 Å². The van der Waals surface area contributed by atoms with Crippen molar-refractivity contribution < 1.29 is 9.84 Å². The largest absolute Gasteiger partial charge is 0.396 e. The summed E-state index contributed by atoms with van der Waals surface area (Å²) in [5.74, 6) is 0. The molecule has 13 heavy (non-hydrogen) atoms. The van der Waals surface area contributed by atoms with E-state index >= 15 is 0 Å². The molecule has 1 aliphatic rings. The van der Waals surface area contributed by atoms with Crippen molar-refractivity contribution in [2.24, 2.45) is 5.41 Å². The lowest BCUT2D eigenvalue weighted by atomic mass is 10.0. The topological polar surface area (TPSA) is 41.5 Å². The molecule has 0 aliphatic heterocycles. The summed E-state index contributed by atoms with van der Waals surface area (Å²) in [4.78, 5) is 0. The van der Waals surface area contributed by atoms with Gasteiger partial charge in [0.05, 0.1) is 6.10 Å². The van der Waals surface area contributed by atoms with Gasteiger partial charge < -0.3 is 15.2 Å². The van der Waals surface area contributed by atoms with Crippen molar-refractivity contribution in [1.82, 2.24) is 5.32 Å². The molecule has 1 rings (SSSR count). The SMILES string of the molecule is COC(C)CNCC1(CCO)CC1. The summed E-state index contributed by atoms with van der Waals surface area (Å²) in [6.45, 7) is 4.31. The average molecular weight is 187 g/mol. The lowest BCUT2D eigenvalue weighted by Gasteiger charge is -2.16. The van der Waals surface area contributed by atoms with Gasteiger partial charge in [0.1, 0.15) is 0 Å². The molecule has 1 unspecified atom stereocenters. The third-order valence-electron chi connectivity index (χ3n) is 2.93. The van der Waals surface area contributed by atoms with Gasteiger partial charge in [0, 0.05) is 26.8 Å². The van der Waals surface area contributed by atoms with Crippen molar-refractivity contribution >= 4 is 0 Å². The predicted molar refractivity (Wildman–Crippen MR) is 52.7 cm³/mol. The molecule has 0 bridgehead atoms. The molecule has 0 saturated heterocycles. The first kappa shape index (κ1) is 11.0. The van der Waals surface area contributed by atoms with E-state index in [9.17, 15) is 0 Å². The van der Waals surface area contributed by atoms with Crippen molar-refractivity contribution in [1.29, 1.82) is 0 Å². The number of aliphatic hydroxyl groups excluding tert-OH is 1. The maximum Gasteiger partial charge on any atom is 0.0667 e. The minimum Gasteiger partial charge on any atom is -0.396 e. The van der Waals surface area contributed by atoms with Gasteiger partial charge >= 0.3 is 0 Å². The molecule has 0 amide bonds. The van der Waals surface area contributed by atoms with Gasteiger partial charge in [-0.15, -0.1) is 0 Å². The van der Waals surface area contributed by atoms with Crippen LogP contribution in [0.1, 0.15) is 26.2 Å². The van der Waals surface area contributed by atoms with E-state index in [2.05, 4.69) is 12.2 Å². The zero-order chi connectivity index (χ0) is 9.73. The molecule has 3 nitrogen and oxygen atoms in total. The van der Waals surface area contributed by atoms with Gasteiger partial charge in [0.15, 0.2) is 0 Å². The van der Waals surface area contributed by atoms with E-state index in [4.69, 9.17) is 9.84 Å². The van der Waals surface area contributed by atoms with Crippen LogP contribution in [0.4, 0.5) is 0 Å². The molecule has 78 valence electrons. The van der Waals surface area contributed by atoms with E-state index in [1.807, 2.05) is 0 Å². The van der Waals surface area contributed by atoms with E-state index in [1.54, 1.807) is 7.11 Å². The fourth-order valence-electron chi connectivity index (χ4n) is 1.55. The smallest absolute Gasteiger partial charge is 0.0667 e. The van der Waals surface area contributed by atoms with Gasteiger partial charge in [-0.2, -0.15) is 0 Å². The highest BCUT2D eigenvalue weighted by molar-refractivity contribution is 4.94. The molecule has 1 atom stereocenters. The molecule has 1 saturated carbocycles. The van der Waals surface area contributed by atoms with Crippen LogP contribution in [0.2, 0.25) is 0 Å². The molecule has 1 fully saturated rings. The lowest BCUT2D eigenvalue weighted by Crippen LogP contribution is -2.31.